The number of nitrogens with two attached hydrogens (primary N) is 1. The maximum Gasteiger partial charge on any atom is 0.472 e. The molecule has 0 amide bonds. The van der Waals surface area contributed by atoms with E-state index in [0.717, 1.165) is 96.3 Å². The lowest BCUT2D eigenvalue weighted by Crippen LogP contribution is -2.29. The SMILES string of the molecule is CC/C=C\C/C=C\C/C=C\C/C=C\C/C=C\C/C=C\C/C=C\C/C=C\CCCCCCCCCCC(=O)OC(COC(=O)CCCCCCCCCCCCCCCCCCCCCCC/C=C\CCCCCCCCCC)COP(=O)(O)OCCN. The maximum atomic E-state index is 12.8. The van der Waals surface area contributed by atoms with Crippen LogP contribution in [0.25, 0.3) is 0 Å². The van der Waals surface area contributed by atoms with Crippen LogP contribution in [0.5, 0.6) is 0 Å². The molecular weight excluding hydrogens is 1100 g/mol. The molecule has 2 atom stereocenters. The smallest absolute Gasteiger partial charge is 0.462 e. The Morgan fingerprint density at radius 1 is 0.356 bits per heavy atom. The number of phosphoric ester groups is 1. The fourth-order valence-electron chi connectivity index (χ4n) is 10.3. The van der Waals surface area contributed by atoms with Crippen molar-refractivity contribution in [3.05, 3.63) is 109 Å². The van der Waals surface area contributed by atoms with E-state index in [2.05, 4.69) is 123 Å². The van der Waals surface area contributed by atoms with Gasteiger partial charge in [-0.3, -0.25) is 18.6 Å². The molecule has 0 aliphatic carbocycles. The number of unbranched alkanes of at least 4 members (excludes halogenated alkanes) is 37. The van der Waals surface area contributed by atoms with Gasteiger partial charge in [0.1, 0.15) is 6.61 Å². The average Bonchev–Trinajstić information content (AvgIpc) is 3.64. The molecule has 0 heterocycles. The van der Waals surface area contributed by atoms with Crippen LogP contribution in [-0.2, 0) is 32.7 Å². The first-order chi connectivity index (χ1) is 42.8. The minimum Gasteiger partial charge on any atom is -0.462 e. The van der Waals surface area contributed by atoms with Crippen LogP contribution in [0.15, 0.2) is 109 Å². The van der Waals surface area contributed by atoms with E-state index in [4.69, 9.17) is 24.3 Å². The quantitative estimate of drug-likeness (QED) is 0.0264. The van der Waals surface area contributed by atoms with Crippen LogP contribution in [0.1, 0.15) is 335 Å². The Labute approximate surface area is 537 Å². The van der Waals surface area contributed by atoms with Gasteiger partial charge in [-0.15, -0.1) is 0 Å². The van der Waals surface area contributed by atoms with Crippen molar-refractivity contribution >= 4 is 19.8 Å². The molecule has 0 saturated carbocycles. The zero-order valence-corrected chi connectivity index (χ0v) is 57.4. The number of ether oxygens (including phenoxy) is 2. The second kappa shape index (κ2) is 71.7. The number of allylic oxidation sites excluding steroid dienone is 18. The predicted molar refractivity (Wildman–Crippen MR) is 376 cm³/mol. The molecule has 0 spiro atoms. The van der Waals surface area contributed by atoms with Crippen LogP contribution in [0.3, 0.4) is 0 Å². The van der Waals surface area contributed by atoms with Gasteiger partial charge >= 0.3 is 19.8 Å². The monoisotopic (exact) mass is 1230 g/mol. The minimum absolute atomic E-state index is 0.0483. The lowest BCUT2D eigenvalue weighted by atomic mass is 10.0. The second-order valence-electron chi connectivity index (χ2n) is 24.1. The van der Waals surface area contributed by atoms with Gasteiger partial charge < -0.3 is 20.1 Å². The highest BCUT2D eigenvalue weighted by Crippen LogP contribution is 2.43. The molecule has 0 aromatic rings. The Morgan fingerprint density at radius 3 is 0.954 bits per heavy atom. The van der Waals surface area contributed by atoms with Crippen LogP contribution in [0.2, 0.25) is 0 Å². The molecule has 3 N–H and O–H groups in total. The molecule has 9 nitrogen and oxygen atoms in total. The van der Waals surface area contributed by atoms with Gasteiger partial charge in [-0.2, -0.15) is 0 Å². The van der Waals surface area contributed by atoms with Crippen molar-refractivity contribution in [3.8, 4) is 0 Å². The van der Waals surface area contributed by atoms with Crippen molar-refractivity contribution in [2.45, 2.75) is 341 Å². The highest BCUT2D eigenvalue weighted by atomic mass is 31.2. The van der Waals surface area contributed by atoms with E-state index < -0.39 is 26.5 Å². The van der Waals surface area contributed by atoms with Crippen LogP contribution >= 0.6 is 7.82 Å². The number of carbonyl (C=O) groups excluding carboxylic acids is 2. The van der Waals surface area contributed by atoms with Crippen molar-refractivity contribution in [2.24, 2.45) is 5.73 Å². The van der Waals surface area contributed by atoms with Crippen LogP contribution in [0.4, 0.5) is 0 Å². The standard InChI is InChI=1S/C77H136NO8P/c1-3-5-7-9-11-13-15-17-19-21-23-25-27-29-31-33-35-37-39-41-43-45-47-49-51-53-55-57-59-61-63-65-67-69-76(79)83-73-75(74-85-87(81,82)84-72-71-78)86-77(80)70-68-66-64-62-60-58-56-54-52-50-48-46-44-42-40-38-36-34-32-30-28-26-24-22-20-18-16-14-12-10-8-6-4-2/h6,8,12,14,18,20-21,23-24,26,30,32,36,38,42,44,48,50,75H,3-5,7,9-11,13,15-17,19,22,25,27-29,31,33-35,37,39-41,43,45-47,49,51-74,78H2,1-2H3,(H,81,82)/b8-6-,14-12-,20-18-,23-21-,26-24-,32-30-,38-36-,44-42-,50-48-. The first-order valence-corrected chi connectivity index (χ1v) is 37.9. The van der Waals surface area contributed by atoms with Gasteiger partial charge in [-0.25, -0.2) is 4.57 Å². The number of rotatable bonds is 68. The summed E-state index contributed by atoms with van der Waals surface area (Å²) in [7, 11) is -4.40. The molecule has 87 heavy (non-hydrogen) atoms. The fourth-order valence-corrected chi connectivity index (χ4v) is 11.1. The molecule has 0 saturated heterocycles. The predicted octanol–water partition coefficient (Wildman–Crippen LogP) is 24.1. The number of phosphoric acid groups is 1. The van der Waals surface area contributed by atoms with Gasteiger partial charge in [0.05, 0.1) is 13.2 Å². The normalized spacial score (nSPS) is 13.6. The van der Waals surface area contributed by atoms with Gasteiger partial charge in [0.15, 0.2) is 6.10 Å². The van der Waals surface area contributed by atoms with E-state index in [1.807, 2.05) is 0 Å². The summed E-state index contributed by atoms with van der Waals surface area (Å²) in [5.74, 6) is -0.830. The number of hydrogen-bond acceptors (Lipinski definition) is 8. The Hall–Kier alpha value is -3.33. The van der Waals surface area contributed by atoms with Gasteiger partial charge in [0.25, 0.3) is 0 Å². The van der Waals surface area contributed by atoms with Crippen molar-refractivity contribution in [1.29, 1.82) is 0 Å². The highest BCUT2D eigenvalue weighted by molar-refractivity contribution is 7.47. The molecule has 0 aromatic carbocycles. The third kappa shape index (κ3) is 71.6. The summed E-state index contributed by atoms with van der Waals surface area (Å²) in [5.41, 5.74) is 5.40. The fraction of sp³-hybridized carbons (Fsp3) is 0.740. The zero-order chi connectivity index (χ0) is 63.0. The summed E-state index contributed by atoms with van der Waals surface area (Å²) >= 11 is 0. The van der Waals surface area contributed by atoms with E-state index in [0.29, 0.717) is 6.42 Å². The Kier molecular flexibility index (Phi) is 69.0. The van der Waals surface area contributed by atoms with E-state index >= 15 is 0 Å². The molecule has 502 valence electrons. The molecule has 0 radical (unpaired) electrons. The second-order valence-corrected chi connectivity index (χ2v) is 25.5. The van der Waals surface area contributed by atoms with Crippen molar-refractivity contribution in [2.75, 3.05) is 26.4 Å². The van der Waals surface area contributed by atoms with E-state index in [1.54, 1.807) is 0 Å². The first kappa shape index (κ1) is 83.7. The average molecular weight is 1230 g/mol. The summed E-state index contributed by atoms with van der Waals surface area (Å²) in [5, 5.41) is 0. The van der Waals surface area contributed by atoms with Crippen molar-refractivity contribution in [3.63, 3.8) is 0 Å². The van der Waals surface area contributed by atoms with E-state index in [1.165, 1.54) is 205 Å². The number of carbonyl (C=O) groups is 2. The van der Waals surface area contributed by atoms with Crippen molar-refractivity contribution < 1.29 is 37.6 Å². The number of hydrogen-bond donors (Lipinski definition) is 2. The third-order valence-electron chi connectivity index (χ3n) is 15.6. The van der Waals surface area contributed by atoms with Crippen molar-refractivity contribution in [1.82, 2.24) is 0 Å². The zero-order valence-electron chi connectivity index (χ0n) is 56.5. The molecule has 0 aliphatic heterocycles. The van der Waals surface area contributed by atoms with Gasteiger partial charge in [0, 0.05) is 19.4 Å². The Balaban J connectivity index is 3.90. The topological polar surface area (TPSA) is 134 Å². The summed E-state index contributed by atoms with van der Waals surface area (Å²) in [6.07, 6.45) is 99.1. The molecule has 2 unspecified atom stereocenters. The summed E-state index contributed by atoms with van der Waals surface area (Å²) in [6, 6.07) is 0. The summed E-state index contributed by atoms with van der Waals surface area (Å²) in [4.78, 5) is 35.4. The Morgan fingerprint density at radius 2 is 0.632 bits per heavy atom. The molecule has 0 bridgehead atoms. The summed E-state index contributed by atoms with van der Waals surface area (Å²) in [6.45, 7) is 3.65. The third-order valence-corrected chi connectivity index (χ3v) is 16.6. The molecule has 0 rings (SSSR count). The molecular formula is C77H136NO8P. The molecule has 0 fully saturated rings. The molecule has 0 aromatic heterocycles. The summed E-state index contributed by atoms with van der Waals surface area (Å²) < 4.78 is 33.2. The lowest BCUT2D eigenvalue weighted by molar-refractivity contribution is -0.161. The van der Waals surface area contributed by atoms with Crippen LogP contribution < -0.4 is 5.73 Å². The van der Waals surface area contributed by atoms with Crippen LogP contribution in [0, 0.1) is 0 Å². The van der Waals surface area contributed by atoms with Crippen LogP contribution in [-0.4, -0.2) is 49.3 Å². The first-order valence-electron chi connectivity index (χ1n) is 36.4. The molecule has 10 heteroatoms. The highest BCUT2D eigenvalue weighted by Gasteiger charge is 2.26. The molecule has 0 aliphatic rings. The lowest BCUT2D eigenvalue weighted by Gasteiger charge is -2.19. The van der Waals surface area contributed by atoms with Gasteiger partial charge in [-0.05, 0) is 103 Å². The number of esters is 2. The van der Waals surface area contributed by atoms with Gasteiger partial charge in [-0.1, -0.05) is 329 Å². The van der Waals surface area contributed by atoms with Gasteiger partial charge in [0.2, 0.25) is 0 Å². The largest absolute Gasteiger partial charge is 0.472 e. The maximum absolute atomic E-state index is 12.8. The van der Waals surface area contributed by atoms with E-state index in [9.17, 15) is 19.0 Å². The van der Waals surface area contributed by atoms with E-state index in [-0.39, 0.29) is 38.6 Å². The Bertz CT molecular complexity index is 1800. The minimum atomic E-state index is -4.40.